The number of aliphatic carboxylic acids is 1. The van der Waals surface area contributed by atoms with Crippen LogP contribution in [0.3, 0.4) is 0 Å². The summed E-state index contributed by atoms with van der Waals surface area (Å²) in [5, 5.41) is 8.60. The number of benzene rings is 1. The number of hydrogen-bond donors (Lipinski definition) is 1. The van der Waals surface area contributed by atoms with Crippen molar-refractivity contribution in [2.45, 2.75) is 26.7 Å². The molecule has 21 heavy (non-hydrogen) atoms. The first-order valence-electron chi connectivity index (χ1n) is 7.31. The Morgan fingerprint density at radius 2 is 1.67 bits per heavy atom. The lowest BCUT2D eigenvalue weighted by molar-refractivity contribution is -0.137. The third-order valence-corrected chi connectivity index (χ3v) is 3.47. The van der Waals surface area contributed by atoms with E-state index in [0.717, 1.165) is 18.8 Å². The summed E-state index contributed by atoms with van der Waals surface area (Å²) < 4.78 is 0. The van der Waals surface area contributed by atoms with Gasteiger partial charge in [-0.2, -0.15) is 0 Å². The number of carbonyl (C=O) groups excluding carboxylic acids is 1. The zero-order chi connectivity index (χ0) is 15.8. The topological polar surface area (TPSA) is 60.9 Å². The maximum atomic E-state index is 12.2. The second kappa shape index (κ2) is 8.29. The predicted octanol–water partition coefficient (Wildman–Crippen LogP) is 2.47. The zero-order valence-corrected chi connectivity index (χ0v) is 13.0. The molecule has 0 aromatic heterocycles. The van der Waals surface area contributed by atoms with Gasteiger partial charge in [-0.1, -0.05) is 0 Å². The van der Waals surface area contributed by atoms with Crippen LogP contribution in [0.25, 0.3) is 0 Å². The van der Waals surface area contributed by atoms with Crippen molar-refractivity contribution in [1.29, 1.82) is 0 Å². The first kappa shape index (κ1) is 17.0. The van der Waals surface area contributed by atoms with Crippen LogP contribution in [0.2, 0.25) is 0 Å². The van der Waals surface area contributed by atoms with Crippen LogP contribution < -0.4 is 4.90 Å². The van der Waals surface area contributed by atoms with Crippen LogP contribution in [-0.2, 0) is 4.79 Å². The molecular formula is C16H24N2O3. The fourth-order valence-corrected chi connectivity index (χ4v) is 2.19. The lowest BCUT2D eigenvalue weighted by atomic mass is 10.1. The van der Waals surface area contributed by atoms with Gasteiger partial charge in [-0.3, -0.25) is 9.59 Å². The van der Waals surface area contributed by atoms with Gasteiger partial charge >= 0.3 is 5.97 Å². The van der Waals surface area contributed by atoms with E-state index in [9.17, 15) is 9.59 Å². The molecule has 0 aliphatic heterocycles. The summed E-state index contributed by atoms with van der Waals surface area (Å²) in [5.74, 6) is -0.911. The molecule has 0 fully saturated rings. The van der Waals surface area contributed by atoms with E-state index in [1.54, 1.807) is 11.9 Å². The summed E-state index contributed by atoms with van der Waals surface area (Å²) in [7, 11) is 1.70. The number of carboxylic acids is 1. The zero-order valence-electron chi connectivity index (χ0n) is 13.0. The normalized spacial score (nSPS) is 10.2. The molecule has 0 unspecified atom stereocenters. The number of rotatable bonds is 8. The molecule has 5 heteroatoms. The first-order chi connectivity index (χ1) is 9.99. The molecule has 0 spiro atoms. The van der Waals surface area contributed by atoms with Gasteiger partial charge in [0.15, 0.2) is 0 Å². The Kier molecular flexibility index (Phi) is 6.72. The SMILES string of the molecule is CCN(CC)c1ccc(C(=O)N(C)CCCC(=O)O)cc1. The van der Waals surface area contributed by atoms with Crippen LogP contribution >= 0.6 is 0 Å². The van der Waals surface area contributed by atoms with Crippen molar-refractivity contribution in [1.82, 2.24) is 4.90 Å². The van der Waals surface area contributed by atoms with Crippen molar-refractivity contribution in [3.05, 3.63) is 29.8 Å². The van der Waals surface area contributed by atoms with Crippen LogP contribution in [-0.4, -0.2) is 48.6 Å². The highest BCUT2D eigenvalue weighted by atomic mass is 16.4. The van der Waals surface area contributed by atoms with Gasteiger partial charge in [0.05, 0.1) is 0 Å². The Morgan fingerprint density at radius 1 is 1.10 bits per heavy atom. The summed E-state index contributed by atoms with van der Waals surface area (Å²) in [4.78, 5) is 26.5. The van der Waals surface area contributed by atoms with E-state index in [1.165, 1.54) is 0 Å². The van der Waals surface area contributed by atoms with Crippen LogP contribution in [0.4, 0.5) is 5.69 Å². The fourth-order valence-electron chi connectivity index (χ4n) is 2.19. The molecule has 116 valence electrons. The minimum atomic E-state index is -0.834. The predicted molar refractivity (Wildman–Crippen MR) is 83.8 cm³/mol. The average Bonchev–Trinajstić information content (AvgIpc) is 2.48. The second-order valence-corrected chi connectivity index (χ2v) is 4.94. The van der Waals surface area contributed by atoms with Crippen LogP contribution in [0.15, 0.2) is 24.3 Å². The minimum absolute atomic E-state index is 0.0773. The van der Waals surface area contributed by atoms with Crippen molar-refractivity contribution in [3.8, 4) is 0 Å². The van der Waals surface area contributed by atoms with Gasteiger partial charge in [-0.15, -0.1) is 0 Å². The number of carboxylic acid groups (broad SMARTS) is 1. The standard InChI is InChI=1S/C16H24N2O3/c1-4-18(5-2)14-10-8-13(9-11-14)16(21)17(3)12-6-7-15(19)20/h8-11H,4-7,12H2,1-3H3,(H,19,20). The second-order valence-electron chi connectivity index (χ2n) is 4.94. The van der Waals surface area contributed by atoms with Gasteiger partial charge < -0.3 is 14.9 Å². The van der Waals surface area contributed by atoms with Crippen LogP contribution in [0.5, 0.6) is 0 Å². The molecule has 0 saturated carbocycles. The molecule has 5 nitrogen and oxygen atoms in total. The molecule has 1 N–H and O–H groups in total. The van der Waals surface area contributed by atoms with Crippen molar-refractivity contribution < 1.29 is 14.7 Å². The van der Waals surface area contributed by atoms with Gasteiger partial charge in [0.25, 0.3) is 5.91 Å². The maximum absolute atomic E-state index is 12.2. The van der Waals surface area contributed by atoms with E-state index < -0.39 is 5.97 Å². The molecule has 0 saturated heterocycles. The summed E-state index contributed by atoms with van der Waals surface area (Å²) in [6, 6.07) is 7.55. The van der Waals surface area contributed by atoms with Crippen LogP contribution in [0.1, 0.15) is 37.0 Å². The van der Waals surface area contributed by atoms with E-state index in [0.29, 0.717) is 18.5 Å². The molecule has 0 heterocycles. The Morgan fingerprint density at radius 3 is 2.14 bits per heavy atom. The molecule has 1 aromatic rings. The van der Waals surface area contributed by atoms with E-state index in [1.807, 2.05) is 24.3 Å². The highest BCUT2D eigenvalue weighted by Gasteiger charge is 2.12. The van der Waals surface area contributed by atoms with E-state index >= 15 is 0 Å². The number of carbonyl (C=O) groups is 2. The highest BCUT2D eigenvalue weighted by molar-refractivity contribution is 5.94. The summed E-state index contributed by atoms with van der Waals surface area (Å²) in [6.45, 7) is 6.50. The molecule has 0 aliphatic rings. The molecule has 0 bridgehead atoms. The highest BCUT2D eigenvalue weighted by Crippen LogP contribution is 2.16. The van der Waals surface area contributed by atoms with Gasteiger partial charge in [-0.25, -0.2) is 0 Å². The van der Waals surface area contributed by atoms with E-state index in [2.05, 4.69) is 18.7 Å². The van der Waals surface area contributed by atoms with Crippen molar-refractivity contribution in [3.63, 3.8) is 0 Å². The Bertz CT molecular complexity index is 467. The van der Waals surface area contributed by atoms with Gasteiger partial charge in [0.1, 0.15) is 0 Å². The summed E-state index contributed by atoms with van der Waals surface area (Å²) in [6.07, 6.45) is 0.549. The molecule has 0 aliphatic carbocycles. The molecular weight excluding hydrogens is 268 g/mol. The minimum Gasteiger partial charge on any atom is -0.481 e. The lowest BCUT2D eigenvalue weighted by Crippen LogP contribution is -2.28. The lowest BCUT2D eigenvalue weighted by Gasteiger charge is -2.22. The van der Waals surface area contributed by atoms with Crippen molar-refractivity contribution in [2.75, 3.05) is 31.6 Å². The summed E-state index contributed by atoms with van der Waals surface area (Å²) >= 11 is 0. The van der Waals surface area contributed by atoms with Crippen LogP contribution in [0, 0.1) is 0 Å². The van der Waals surface area contributed by atoms with Gasteiger partial charge in [-0.05, 0) is 44.5 Å². The van der Waals surface area contributed by atoms with E-state index in [-0.39, 0.29) is 12.3 Å². The average molecular weight is 292 g/mol. The molecule has 1 rings (SSSR count). The molecule has 0 atom stereocenters. The van der Waals surface area contributed by atoms with Crippen molar-refractivity contribution >= 4 is 17.6 Å². The first-order valence-corrected chi connectivity index (χ1v) is 7.31. The summed E-state index contributed by atoms with van der Waals surface area (Å²) in [5.41, 5.74) is 1.73. The number of amides is 1. The quantitative estimate of drug-likeness (QED) is 0.799. The molecule has 1 amide bonds. The molecule has 1 aromatic carbocycles. The fraction of sp³-hybridized carbons (Fsp3) is 0.500. The maximum Gasteiger partial charge on any atom is 0.303 e. The van der Waals surface area contributed by atoms with Crippen molar-refractivity contribution in [2.24, 2.45) is 0 Å². The third kappa shape index (κ3) is 5.10. The Balaban J connectivity index is 2.63. The van der Waals surface area contributed by atoms with Gasteiger partial charge in [0.2, 0.25) is 0 Å². The molecule has 0 radical (unpaired) electrons. The smallest absolute Gasteiger partial charge is 0.303 e. The number of anilines is 1. The number of nitrogens with zero attached hydrogens (tertiary/aromatic N) is 2. The van der Waals surface area contributed by atoms with Gasteiger partial charge in [0, 0.05) is 44.4 Å². The van der Waals surface area contributed by atoms with E-state index in [4.69, 9.17) is 5.11 Å². The Labute approximate surface area is 126 Å². The monoisotopic (exact) mass is 292 g/mol. The number of hydrogen-bond acceptors (Lipinski definition) is 3. The third-order valence-electron chi connectivity index (χ3n) is 3.47. The Hall–Kier alpha value is -2.04. The largest absolute Gasteiger partial charge is 0.481 e.